The lowest BCUT2D eigenvalue weighted by atomic mass is 10.0. The zero-order valence-electron chi connectivity index (χ0n) is 27.4. The number of likely N-dealkylation sites (tertiary alicyclic amines) is 2. The lowest BCUT2D eigenvalue weighted by molar-refractivity contribution is -0.192. The molecular weight excluding hydrogens is 671 g/mol. The molecule has 4 heterocycles. The van der Waals surface area contributed by atoms with Crippen molar-refractivity contribution >= 4 is 21.9 Å². The molecule has 1 aromatic carbocycles. The normalized spacial score (nSPS) is 19.4. The number of hydrogen-bond donors (Lipinski definition) is 1. The average Bonchev–Trinajstić information content (AvgIpc) is 3.44. The zero-order chi connectivity index (χ0) is 35.7. The highest BCUT2D eigenvalue weighted by atomic mass is 32.2. The number of fused-ring (bicyclic) bond motifs is 1. The van der Waals surface area contributed by atoms with Gasteiger partial charge in [0.15, 0.2) is 5.69 Å². The van der Waals surface area contributed by atoms with E-state index in [1.807, 2.05) is 23.2 Å². The minimum absolute atomic E-state index is 0.0222. The first-order chi connectivity index (χ1) is 23.1. The second-order valence-electron chi connectivity index (χ2n) is 12.4. The minimum Gasteiger partial charge on any atom is -0.497 e. The van der Waals surface area contributed by atoms with Crippen LogP contribution in [0.4, 0.5) is 13.2 Å². The number of benzene rings is 1. The van der Waals surface area contributed by atoms with Gasteiger partial charge in [-0.05, 0) is 67.3 Å². The Hall–Kier alpha value is -4.22. The van der Waals surface area contributed by atoms with Crippen LogP contribution in [-0.2, 0) is 27.9 Å². The molecular formula is C32H38F3N5O8S. The Morgan fingerprint density at radius 1 is 1.04 bits per heavy atom. The van der Waals surface area contributed by atoms with Gasteiger partial charge in [-0.2, -0.15) is 17.5 Å². The molecule has 2 aliphatic heterocycles. The summed E-state index contributed by atoms with van der Waals surface area (Å²) >= 11 is 0. The number of aryl methyl sites for hydroxylation is 2. The number of sulfonamides is 1. The number of rotatable bonds is 10. The molecule has 0 spiro atoms. The summed E-state index contributed by atoms with van der Waals surface area (Å²) < 4.78 is 77.0. The van der Waals surface area contributed by atoms with Crippen LogP contribution in [0.3, 0.4) is 0 Å². The number of carboxylic acids is 1. The number of ether oxygens (including phenoxy) is 2. The van der Waals surface area contributed by atoms with E-state index in [4.69, 9.17) is 23.8 Å². The molecule has 13 nitrogen and oxygen atoms in total. The van der Waals surface area contributed by atoms with Gasteiger partial charge in [0.05, 0.1) is 25.7 Å². The van der Waals surface area contributed by atoms with Crippen LogP contribution in [-0.4, -0.2) is 102 Å². The highest BCUT2D eigenvalue weighted by Gasteiger charge is 2.43. The van der Waals surface area contributed by atoms with Gasteiger partial charge >= 0.3 is 12.1 Å². The highest BCUT2D eigenvalue weighted by Crippen LogP contribution is 2.37. The minimum atomic E-state index is -5.08. The van der Waals surface area contributed by atoms with Crippen molar-refractivity contribution in [3.05, 3.63) is 65.0 Å². The number of methoxy groups -OCH3 is 2. The smallest absolute Gasteiger partial charge is 0.490 e. The molecule has 266 valence electrons. The number of amides is 1. The molecule has 2 unspecified atom stereocenters. The van der Waals surface area contributed by atoms with Gasteiger partial charge in [-0.1, -0.05) is 6.07 Å². The van der Waals surface area contributed by atoms with Crippen molar-refractivity contribution in [2.75, 3.05) is 40.4 Å². The van der Waals surface area contributed by atoms with Crippen LogP contribution in [0.25, 0.3) is 0 Å². The van der Waals surface area contributed by atoms with Crippen molar-refractivity contribution < 1.29 is 50.2 Å². The van der Waals surface area contributed by atoms with E-state index in [2.05, 4.69) is 14.9 Å². The van der Waals surface area contributed by atoms with Crippen molar-refractivity contribution in [2.24, 2.45) is 11.8 Å². The molecule has 1 saturated carbocycles. The first kappa shape index (κ1) is 36.1. The molecule has 6 rings (SSSR count). The number of oxazole rings is 1. The molecule has 0 bridgehead atoms. The average molecular weight is 710 g/mol. The standard InChI is InChI=1S/C30H37N5O6S.C2HF3O2/c1-19-9-25(39-3)10-20(2)29(19)42(37,38)35(24-6-7-24)17-28-32-26(18-41-28)30(36)34-15-22-13-33(14-23(22)16-34)12-21-5-8-27(40-4)31-11-21;3-2(4,5)1(6)7/h5,8-11,18,22-24H,6-7,12-17H2,1-4H3;(H,6,7). The third kappa shape index (κ3) is 8.33. The molecule has 1 aliphatic carbocycles. The van der Waals surface area contributed by atoms with Gasteiger partial charge in [0, 0.05) is 51.0 Å². The summed E-state index contributed by atoms with van der Waals surface area (Å²) in [6.45, 7) is 7.52. The van der Waals surface area contributed by atoms with E-state index in [-0.39, 0.29) is 35.0 Å². The van der Waals surface area contributed by atoms with Gasteiger partial charge in [0.2, 0.25) is 21.8 Å². The number of carbonyl (C=O) groups excluding carboxylic acids is 1. The second kappa shape index (κ2) is 14.3. The maximum Gasteiger partial charge on any atom is 0.490 e. The first-order valence-corrected chi connectivity index (χ1v) is 17.0. The third-order valence-corrected chi connectivity index (χ3v) is 11.0. The Bertz CT molecular complexity index is 1740. The van der Waals surface area contributed by atoms with Crippen LogP contribution in [0, 0.1) is 25.7 Å². The zero-order valence-corrected chi connectivity index (χ0v) is 28.3. The Morgan fingerprint density at radius 2 is 1.65 bits per heavy atom. The molecule has 3 aliphatic rings. The fourth-order valence-corrected chi connectivity index (χ4v) is 8.42. The Balaban J connectivity index is 0.000000606. The molecule has 1 amide bonds. The van der Waals surface area contributed by atoms with Crippen molar-refractivity contribution in [1.29, 1.82) is 0 Å². The summed E-state index contributed by atoms with van der Waals surface area (Å²) in [7, 11) is -0.656. The highest BCUT2D eigenvalue weighted by molar-refractivity contribution is 7.89. The van der Waals surface area contributed by atoms with Gasteiger partial charge in [-0.25, -0.2) is 23.2 Å². The Labute approximate surface area is 281 Å². The lowest BCUT2D eigenvalue weighted by Gasteiger charge is -2.23. The summed E-state index contributed by atoms with van der Waals surface area (Å²) in [6, 6.07) is 7.25. The number of carbonyl (C=O) groups is 2. The Morgan fingerprint density at radius 3 is 2.14 bits per heavy atom. The van der Waals surface area contributed by atoms with Crippen LogP contribution in [0.15, 0.2) is 46.0 Å². The number of aromatic nitrogens is 2. The van der Waals surface area contributed by atoms with Gasteiger partial charge in [0.25, 0.3) is 5.91 Å². The van der Waals surface area contributed by atoms with Crippen LogP contribution < -0.4 is 9.47 Å². The predicted octanol–water partition coefficient (Wildman–Crippen LogP) is 3.89. The summed E-state index contributed by atoms with van der Waals surface area (Å²) in [6.07, 6.45) is -0.318. The van der Waals surface area contributed by atoms with E-state index in [0.29, 0.717) is 47.7 Å². The molecule has 2 saturated heterocycles. The maximum atomic E-state index is 13.8. The quantitative estimate of drug-likeness (QED) is 0.326. The fraction of sp³-hybridized carbons (Fsp3) is 0.500. The van der Waals surface area contributed by atoms with Crippen molar-refractivity contribution in [2.45, 2.75) is 56.9 Å². The van der Waals surface area contributed by atoms with Gasteiger partial charge in [-0.3, -0.25) is 9.69 Å². The molecule has 2 atom stereocenters. The molecule has 49 heavy (non-hydrogen) atoms. The number of carboxylic acid groups (broad SMARTS) is 1. The van der Waals surface area contributed by atoms with Gasteiger partial charge < -0.3 is 23.9 Å². The fourth-order valence-electron chi connectivity index (χ4n) is 6.37. The van der Waals surface area contributed by atoms with E-state index in [0.717, 1.165) is 38.0 Å². The summed E-state index contributed by atoms with van der Waals surface area (Å²) in [4.78, 5) is 35.5. The predicted molar refractivity (Wildman–Crippen MR) is 167 cm³/mol. The summed E-state index contributed by atoms with van der Waals surface area (Å²) in [5.41, 5.74) is 2.61. The number of pyridine rings is 1. The van der Waals surface area contributed by atoms with E-state index in [1.165, 1.54) is 10.6 Å². The topological polar surface area (TPSA) is 156 Å². The molecule has 3 fully saturated rings. The van der Waals surface area contributed by atoms with Crippen molar-refractivity contribution in [1.82, 2.24) is 24.1 Å². The van der Waals surface area contributed by atoms with E-state index < -0.39 is 22.2 Å². The SMILES string of the molecule is COc1cc(C)c(S(=O)(=O)N(Cc2nc(C(=O)N3CC4CN(Cc5ccc(OC)nc5)CC4C3)co2)C2CC2)c(C)c1.O=C(O)C(F)(F)F. The first-order valence-electron chi connectivity index (χ1n) is 15.5. The number of alkyl halides is 3. The van der Waals surface area contributed by atoms with Gasteiger partial charge in [0.1, 0.15) is 12.0 Å². The lowest BCUT2D eigenvalue weighted by Crippen LogP contribution is -2.34. The van der Waals surface area contributed by atoms with Crippen LogP contribution in [0.2, 0.25) is 0 Å². The number of halogens is 3. The molecule has 2 aromatic heterocycles. The van der Waals surface area contributed by atoms with Crippen LogP contribution in [0.5, 0.6) is 11.6 Å². The van der Waals surface area contributed by atoms with Crippen molar-refractivity contribution in [3.8, 4) is 11.6 Å². The number of hydrogen-bond acceptors (Lipinski definition) is 10. The third-order valence-electron chi connectivity index (χ3n) is 8.76. The van der Waals surface area contributed by atoms with E-state index in [1.54, 1.807) is 40.2 Å². The van der Waals surface area contributed by atoms with Gasteiger partial charge in [-0.15, -0.1) is 0 Å². The largest absolute Gasteiger partial charge is 0.497 e. The van der Waals surface area contributed by atoms with Crippen LogP contribution in [0.1, 0.15) is 45.9 Å². The number of nitrogens with zero attached hydrogens (tertiary/aromatic N) is 5. The molecule has 3 aromatic rings. The molecule has 0 radical (unpaired) electrons. The van der Waals surface area contributed by atoms with Crippen molar-refractivity contribution in [3.63, 3.8) is 0 Å². The van der Waals surface area contributed by atoms with E-state index >= 15 is 0 Å². The monoisotopic (exact) mass is 709 g/mol. The molecule has 17 heteroatoms. The summed E-state index contributed by atoms with van der Waals surface area (Å²) in [5, 5.41) is 7.12. The second-order valence-corrected chi connectivity index (χ2v) is 14.3. The Kier molecular flexibility index (Phi) is 10.5. The summed E-state index contributed by atoms with van der Waals surface area (Å²) in [5.74, 6) is -0.689. The maximum absolute atomic E-state index is 13.8. The number of aliphatic carboxylic acids is 1. The molecule has 1 N–H and O–H groups in total. The van der Waals surface area contributed by atoms with Crippen LogP contribution >= 0.6 is 0 Å². The van der Waals surface area contributed by atoms with E-state index in [9.17, 15) is 26.4 Å².